The molecule has 1 aromatic rings. The zero-order valence-electron chi connectivity index (χ0n) is 7.19. The number of phenols is 2. The van der Waals surface area contributed by atoms with Crippen molar-refractivity contribution in [3.8, 4) is 11.5 Å². The molecule has 1 amide bonds. The molecule has 0 saturated carbocycles. The second-order valence-electron chi connectivity index (χ2n) is 2.87. The van der Waals surface area contributed by atoms with E-state index in [2.05, 4.69) is 0 Å². The minimum absolute atomic E-state index is 0.000833. The molecule has 0 spiro atoms. The third-order valence-electron chi connectivity index (χ3n) is 1.90. The molecule has 0 aromatic heterocycles. The van der Waals surface area contributed by atoms with E-state index < -0.39 is 11.8 Å². The number of benzene rings is 1. The first-order chi connectivity index (χ1) is 6.02. The summed E-state index contributed by atoms with van der Waals surface area (Å²) in [4.78, 5) is 10.8. The van der Waals surface area contributed by atoms with Crippen LogP contribution in [-0.4, -0.2) is 16.1 Å². The van der Waals surface area contributed by atoms with Gasteiger partial charge in [0.2, 0.25) is 5.91 Å². The minimum Gasteiger partial charge on any atom is -0.508 e. The topological polar surface area (TPSA) is 83.6 Å². The van der Waals surface area contributed by atoms with Crippen molar-refractivity contribution in [1.29, 1.82) is 0 Å². The van der Waals surface area contributed by atoms with Crippen molar-refractivity contribution in [1.82, 2.24) is 0 Å². The van der Waals surface area contributed by atoms with Crippen LogP contribution >= 0.6 is 0 Å². The van der Waals surface area contributed by atoms with Crippen molar-refractivity contribution < 1.29 is 15.0 Å². The van der Waals surface area contributed by atoms with Gasteiger partial charge in [0.05, 0.1) is 5.92 Å². The van der Waals surface area contributed by atoms with Crippen molar-refractivity contribution >= 4 is 5.91 Å². The molecule has 4 heteroatoms. The van der Waals surface area contributed by atoms with Crippen LogP contribution in [0.1, 0.15) is 18.4 Å². The molecule has 4 nitrogen and oxygen atoms in total. The summed E-state index contributed by atoms with van der Waals surface area (Å²) >= 11 is 0. The summed E-state index contributed by atoms with van der Waals surface area (Å²) in [7, 11) is 0. The van der Waals surface area contributed by atoms with E-state index in [1.54, 1.807) is 6.92 Å². The molecule has 1 atom stereocenters. The normalized spacial score (nSPS) is 12.4. The van der Waals surface area contributed by atoms with E-state index >= 15 is 0 Å². The molecular formula is C9H11NO3. The van der Waals surface area contributed by atoms with E-state index in [-0.39, 0.29) is 11.5 Å². The number of hydrogen-bond donors (Lipinski definition) is 3. The number of rotatable bonds is 2. The molecular weight excluding hydrogens is 170 g/mol. The fourth-order valence-corrected chi connectivity index (χ4v) is 1.04. The van der Waals surface area contributed by atoms with Gasteiger partial charge in [0, 0.05) is 5.56 Å². The monoisotopic (exact) mass is 181 g/mol. The molecule has 0 saturated heterocycles. The third-order valence-corrected chi connectivity index (χ3v) is 1.90. The Bertz CT molecular complexity index is 336. The SMILES string of the molecule is CC(C(N)=O)c1cc(O)ccc1O. The van der Waals surface area contributed by atoms with Gasteiger partial charge >= 0.3 is 0 Å². The third kappa shape index (κ3) is 1.90. The van der Waals surface area contributed by atoms with Crippen LogP contribution in [0.25, 0.3) is 0 Å². The smallest absolute Gasteiger partial charge is 0.224 e. The lowest BCUT2D eigenvalue weighted by Crippen LogP contribution is -2.18. The summed E-state index contributed by atoms with van der Waals surface area (Å²) in [6.07, 6.45) is 0. The molecule has 1 aromatic carbocycles. The van der Waals surface area contributed by atoms with Crippen molar-refractivity contribution in [2.75, 3.05) is 0 Å². The Kier molecular flexibility index (Phi) is 2.41. The summed E-state index contributed by atoms with van der Waals surface area (Å²) < 4.78 is 0. The Balaban J connectivity index is 3.12. The molecule has 0 heterocycles. The molecule has 0 bridgehead atoms. The first kappa shape index (κ1) is 9.38. The molecule has 0 radical (unpaired) electrons. The van der Waals surface area contributed by atoms with Crippen LogP contribution in [0.2, 0.25) is 0 Å². The van der Waals surface area contributed by atoms with E-state index in [0.29, 0.717) is 5.56 Å². The van der Waals surface area contributed by atoms with Gasteiger partial charge in [-0.25, -0.2) is 0 Å². The molecule has 0 aliphatic heterocycles. The zero-order chi connectivity index (χ0) is 10.0. The zero-order valence-corrected chi connectivity index (χ0v) is 7.19. The fraction of sp³-hybridized carbons (Fsp3) is 0.222. The molecule has 0 aliphatic carbocycles. The number of amides is 1. The van der Waals surface area contributed by atoms with Gasteiger partial charge in [-0.1, -0.05) is 0 Å². The molecule has 0 aliphatic rings. The van der Waals surface area contributed by atoms with Crippen LogP contribution < -0.4 is 5.73 Å². The van der Waals surface area contributed by atoms with E-state index in [0.717, 1.165) is 0 Å². The van der Waals surface area contributed by atoms with Gasteiger partial charge in [0.15, 0.2) is 0 Å². The molecule has 13 heavy (non-hydrogen) atoms. The number of aromatic hydroxyl groups is 2. The average molecular weight is 181 g/mol. The molecule has 0 fully saturated rings. The molecule has 1 unspecified atom stereocenters. The Labute approximate surface area is 75.6 Å². The number of hydrogen-bond acceptors (Lipinski definition) is 3. The van der Waals surface area contributed by atoms with Gasteiger partial charge < -0.3 is 15.9 Å². The lowest BCUT2D eigenvalue weighted by atomic mass is 9.99. The van der Waals surface area contributed by atoms with Gasteiger partial charge in [-0.3, -0.25) is 4.79 Å². The van der Waals surface area contributed by atoms with Crippen molar-refractivity contribution in [3.63, 3.8) is 0 Å². The molecule has 70 valence electrons. The Hall–Kier alpha value is -1.71. The van der Waals surface area contributed by atoms with Gasteiger partial charge in [0.1, 0.15) is 11.5 Å². The van der Waals surface area contributed by atoms with E-state index in [1.165, 1.54) is 18.2 Å². The standard InChI is InChI=1S/C9H11NO3/c1-5(9(10)13)7-4-6(11)2-3-8(7)12/h2-5,11-12H,1H3,(H2,10,13). The second-order valence-corrected chi connectivity index (χ2v) is 2.87. The Morgan fingerprint density at radius 2 is 2.08 bits per heavy atom. The summed E-state index contributed by atoms with van der Waals surface area (Å²) in [5, 5.41) is 18.4. The number of nitrogens with two attached hydrogens (primary N) is 1. The predicted octanol–water partition coefficient (Wildman–Crippen LogP) is 0.687. The van der Waals surface area contributed by atoms with E-state index in [4.69, 9.17) is 10.8 Å². The highest BCUT2D eigenvalue weighted by Crippen LogP contribution is 2.28. The van der Waals surface area contributed by atoms with Gasteiger partial charge in [-0.15, -0.1) is 0 Å². The number of carbonyl (C=O) groups excluding carboxylic acids is 1. The number of primary amides is 1. The van der Waals surface area contributed by atoms with Crippen LogP contribution in [0.4, 0.5) is 0 Å². The van der Waals surface area contributed by atoms with Crippen LogP contribution in [0.3, 0.4) is 0 Å². The van der Waals surface area contributed by atoms with E-state index in [1.807, 2.05) is 0 Å². The second kappa shape index (κ2) is 3.35. The molecule has 1 rings (SSSR count). The Morgan fingerprint density at radius 1 is 1.46 bits per heavy atom. The van der Waals surface area contributed by atoms with Crippen LogP contribution in [0.15, 0.2) is 18.2 Å². The minimum atomic E-state index is -0.605. The highest BCUT2D eigenvalue weighted by atomic mass is 16.3. The van der Waals surface area contributed by atoms with Crippen LogP contribution in [0, 0.1) is 0 Å². The highest BCUT2D eigenvalue weighted by Gasteiger charge is 2.15. The lowest BCUT2D eigenvalue weighted by Gasteiger charge is -2.09. The summed E-state index contributed by atoms with van der Waals surface area (Å²) in [5.41, 5.74) is 5.40. The predicted molar refractivity (Wildman–Crippen MR) is 47.4 cm³/mol. The highest BCUT2D eigenvalue weighted by molar-refractivity contribution is 5.82. The quantitative estimate of drug-likeness (QED) is 0.587. The van der Waals surface area contributed by atoms with Gasteiger partial charge in [-0.05, 0) is 25.1 Å². The number of phenolic OH excluding ortho intramolecular Hbond substituents is 2. The van der Waals surface area contributed by atoms with Crippen molar-refractivity contribution in [3.05, 3.63) is 23.8 Å². The maximum Gasteiger partial charge on any atom is 0.224 e. The summed E-state index contributed by atoms with van der Waals surface area (Å²) in [6, 6.07) is 3.99. The number of carbonyl (C=O) groups is 1. The summed E-state index contributed by atoms with van der Waals surface area (Å²) in [5.74, 6) is -1.18. The molecule has 4 N–H and O–H groups in total. The van der Waals surface area contributed by atoms with E-state index in [9.17, 15) is 9.90 Å². The lowest BCUT2D eigenvalue weighted by molar-refractivity contribution is -0.119. The summed E-state index contributed by atoms with van der Waals surface area (Å²) in [6.45, 7) is 1.57. The average Bonchev–Trinajstić information content (AvgIpc) is 2.08. The van der Waals surface area contributed by atoms with Crippen molar-refractivity contribution in [2.45, 2.75) is 12.8 Å². The van der Waals surface area contributed by atoms with Crippen LogP contribution in [-0.2, 0) is 4.79 Å². The van der Waals surface area contributed by atoms with Gasteiger partial charge in [-0.2, -0.15) is 0 Å². The van der Waals surface area contributed by atoms with Crippen LogP contribution in [0.5, 0.6) is 11.5 Å². The first-order valence-corrected chi connectivity index (χ1v) is 3.83. The van der Waals surface area contributed by atoms with Crippen molar-refractivity contribution in [2.24, 2.45) is 5.73 Å². The fourth-order valence-electron chi connectivity index (χ4n) is 1.04. The maximum atomic E-state index is 10.8. The first-order valence-electron chi connectivity index (χ1n) is 3.83. The largest absolute Gasteiger partial charge is 0.508 e. The Morgan fingerprint density at radius 3 is 2.62 bits per heavy atom. The maximum absolute atomic E-state index is 10.8. The van der Waals surface area contributed by atoms with Gasteiger partial charge in [0.25, 0.3) is 0 Å².